The number of carbonyl (C=O) groups is 1. The highest BCUT2D eigenvalue weighted by Gasteiger charge is 2.21. The van der Waals surface area contributed by atoms with Gasteiger partial charge in [-0.3, -0.25) is 5.01 Å². The zero-order valence-electron chi connectivity index (χ0n) is 11.7. The molecule has 0 spiro atoms. The summed E-state index contributed by atoms with van der Waals surface area (Å²) in [6.07, 6.45) is 0. The van der Waals surface area contributed by atoms with Crippen molar-refractivity contribution in [1.29, 1.82) is 0 Å². The number of rotatable bonds is 4. The zero-order chi connectivity index (χ0) is 15.5. The minimum absolute atomic E-state index is 0.107. The summed E-state index contributed by atoms with van der Waals surface area (Å²) in [6.45, 7) is 3.61. The van der Waals surface area contributed by atoms with Crippen molar-refractivity contribution in [1.82, 2.24) is 0 Å². The smallest absolute Gasteiger partial charge is 0.339 e. The number of hydrazone groups is 1. The van der Waals surface area contributed by atoms with Crippen LogP contribution in [0.25, 0.3) is 0 Å². The van der Waals surface area contributed by atoms with Gasteiger partial charge in [-0.2, -0.15) is 5.10 Å². The molecule has 0 fully saturated rings. The Kier molecular flexibility index (Phi) is 4.85. The first-order valence-corrected chi connectivity index (χ1v) is 7.22. The Morgan fingerprint density at radius 2 is 1.95 bits per heavy atom. The van der Waals surface area contributed by atoms with Crippen LogP contribution in [-0.4, -0.2) is 34.3 Å². The van der Waals surface area contributed by atoms with E-state index in [1.807, 2.05) is 0 Å². The van der Waals surface area contributed by atoms with Crippen molar-refractivity contribution < 1.29 is 17.9 Å². The van der Waals surface area contributed by atoms with Gasteiger partial charge in [0.2, 0.25) is 10.0 Å². The fourth-order valence-electron chi connectivity index (χ4n) is 1.58. The number of nitrogens with zero attached hydrogens (tertiary/aromatic N) is 2. The number of ether oxygens (including phenoxy) is 1. The number of anilines is 1. The number of nitrogens with two attached hydrogens (primary N) is 1. The number of hydrogen-bond donors (Lipinski definition) is 1. The standard InChI is InChI=1S/C12H17N3O4S/c1-8(2)14-15(3)9-5-6-10(12(16)19-4)11(7-9)20(13,17)18/h5-7H,1-4H3,(H2,13,17,18). The molecule has 0 amide bonds. The minimum atomic E-state index is -4.05. The molecule has 7 nitrogen and oxygen atoms in total. The molecule has 0 bridgehead atoms. The van der Waals surface area contributed by atoms with Gasteiger partial charge in [-0.05, 0) is 32.0 Å². The second-order valence-electron chi connectivity index (χ2n) is 4.29. The molecule has 0 aliphatic carbocycles. The van der Waals surface area contributed by atoms with E-state index in [-0.39, 0.29) is 10.5 Å². The Balaban J connectivity index is 3.43. The predicted molar refractivity (Wildman–Crippen MR) is 76.3 cm³/mol. The van der Waals surface area contributed by atoms with Gasteiger partial charge in [0, 0.05) is 12.8 Å². The molecule has 0 saturated carbocycles. The van der Waals surface area contributed by atoms with E-state index < -0.39 is 16.0 Å². The SMILES string of the molecule is COC(=O)c1ccc(N(C)N=C(C)C)cc1S(N)(=O)=O. The zero-order valence-corrected chi connectivity index (χ0v) is 12.6. The number of carbonyl (C=O) groups excluding carboxylic acids is 1. The van der Waals surface area contributed by atoms with Gasteiger partial charge in [0.25, 0.3) is 0 Å². The molecule has 8 heteroatoms. The Hall–Kier alpha value is -1.93. The normalized spacial score (nSPS) is 10.8. The number of methoxy groups -OCH3 is 1. The van der Waals surface area contributed by atoms with Crippen LogP contribution in [0, 0.1) is 0 Å². The van der Waals surface area contributed by atoms with E-state index in [0.717, 1.165) is 5.71 Å². The summed E-state index contributed by atoms with van der Waals surface area (Å²) >= 11 is 0. The molecule has 110 valence electrons. The average Bonchev–Trinajstić information content (AvgIpc) is 2.35. The van der Waals surface area contributed by atoms with Gasteiger partial charge < -0.3 is 4.74 Å². The third kappa shape index (κ3) is 3.78. The van der Waals surface area contributed by atoms with Crippen molar-refractivity contribution in [3.05, 3.63) is 23.8 Å². The van der Waals surface area contributed by atoms with E-state index in [2.05, 4.69) is 9.84 Å². The van der Waals surface area contributed by atoms with Crippen LogP contribution in [0.1, 0.15) is 24.2 Å². The lowest BCUT2D eigenvalue weighted by molar-refractivity contribution is 0.0596. The van der Waals surface area contributed by atoms with Gasteiger partial charge in [-0.1, -0.05) is 0 Å². The predicted octanol–water partition coefficient (Wildman–Crippen LogP) is 0.953. The summed E-state index contributed by atoms with van der Waals surface area (Å²) in [6, 6.07) is 4.19. The van der Waals surface area contributed by atoms with E-state index in [0.29, 0.717) is 5.69 Å². The first kappa shape index (κ1) is 16.1. The van der Waals surface area contributed by atoms with Crippen molar-refractivity contribution in [2.45, 2.75) is 18.7 Å². The van der Waals surface area contributed by atoms with Crippen LogP contribution in [0.5, 0.6) is 0 Å². The molecule has 0 aliphatic heterocycles. The van der Waals surface area contributed by atoms with E-state index >= 15 is 0 Å². The molecule has 0 atom stereocenters. The maximum atomic E-state index is 11.6. The largest absolute Gasteiger partial charge is 0.465 e. The second kappa shape index (κ2) is 6.02. The Morgan fingerprint density at radius 1 is 1.35 bits per heavy atom. The monoisotopic (exact) mass is 299 g/mol. The molecule has 0 heterocycles. The van der Waals surface area contributed by atoms with Crippen LogP contribution in [0.15, 0.2) is 28.2 Å². The van der Waals surface area contributed by atoms with E-state index in [4.69, 9.17) is 5.14 Å². The summed E-state index contributed by atoms with van der Waals surface area (Å²) in [5.74, 6) is -0.765. The fourth-order valence-corrected chi connectivity index (χ4v) is 2.33. The quantitative estimate of drug-likeness (QED) is 0.506. The van der Waals surface area contributed by atoms with Gasteiger partial charge in [-0.15, -0.1) is 0 Å². The van der Waals surface area contributed by atoms with E-state index in [9.17, 15) is 13.2 Å². The highest BCUT2D eigenvalue weighted by Crippen LogP contribution is 2.23. The number of esters is 1. The molecular weight excluding hydrogens is 282 g/mol. The van der Waals surface area contributed by atoms with Crippen LogP contribution >= 0.6 is 0 Å². The van der Waals surface area contributed by atoms with Crippen LogP contribution < -0.4 is 10.1 Å². The minimum Gasteiger partial charge on any atom is -0.465 e. The van der Waals surface area contributed by atoms with Crippen LogP contribution in [0.3, 0.4) is 0 Å². The Morgan fingerprint density at radius 3 is 2.40 bits per heavy atom. The van der Waals surface area contributed by atoms with E-state index in [1.54, 1.807) is 27.0 Å². The second-order valence-corrected chi connectivity index (χ2v) is 5.82. The van der Waals surface area contributed by atoms with Crippen molar-refractivity contribution in [2.24, 2.45) is 10.2 Å². The van der Waals surface area contributed by atoms with Gasteiger partial charge in [0.15, 0.2) is 0 Å². The van der Waals surface area contributed by atoms with Crippen LogP contribution in [0.2, 0.25) is 0 Å². The van der Waals surface area contributed by atoms with Gasteiger partial charge in [0.05, 0.1) is 23.3 Å². The summed E-state index contributed by atoms with van der Waals surface area (Å²) in [5.41, 5.74) is 1.17. The van der Waals surface area contributed by atoms with Gasteiger partial charge in [-0.25, -0.2) is 18.4 Å². The van der Waals surface area contributed by atoms with Gasteiger partial charge in [0.1, 0.15) is 0 Å². The van der Waals surface area contributed by atoms with Crippen molar-refractivity contribution in [2.75, 3.05) is 19.2 Å². The molecule has 0 radical (unpaired) electrons. The van der Waals surface area contributed by atoms with Crippen LogP contribution in [-0.2, 0) is 14.8 Å². The summed E-state index contributed by atoms with van der Waals surface area (Å²) < 4.78 is 27.7. The lowest BCUT2D eigenvalue weighted by Gasteiger charge is -2.16. The average molecular weight is 299 g/mol. The molecule has 0 saturated heterocycles. The topological polar surface area (TPSA) is 102 Å². The molecule has 0 unspecified atom stereocenters. The Labute approximate surface area is 118 Å². The van der Waals surface area contributed by atoms with Crippen molar-refractivity contribution in [3.8, 4) is 0 Å². The molecule has 20 heavy (non-hydrogen) atoms. The molecule has 1 aromatic carbocycles. The molecule has 0 aromatic heterocycles. The third-order valence-corrected chi connectivity index (χ3v) is 3.35. The lowest BCUT2D eigenvalue weighted by atomic mass is 10.2. The fraction of sp³-hybridized carbons (Fsp3) is 0.333. The lowest BCUT2D eigenvalue weighted by Crippen LogP contribution is -2.19. The summed E-state index contributed by atoms with van der Waals surface area (Å²) in [7, 11) is -1.22. The number of primary sulfonamides is 1. The molecule has 2 N–H and O–H groups in total. The summed E-state index contributed by atoms with van der Waals surface area (Å²) in [5, 5.41) is 10.8. The number of sulfonamides is 1. The molecular formula is C12H17N3O4S. The Bertz CT molecular complexity index is 649. The van der Waals surface area contributed by atoms with Crippen molar-refractivity contribution in [3.63, 3.8) is 0 Å². The highest BCUT2D eigenvalue weighted by molar-refractivity contribution is 7.89. The number of hydrogen-bond acceptors (Lipinski definition) is 6. The number of benzene rings is 1. The van der Waals surface area contributed by atoms with E-state index in [1.165, 1.54) is 24.3 Å². The first-order valence-electron chi connectivity index (χ1n) is 5.67. The molecule has 1 aromatic rings. The summed E-state index contributed by atoms with van der Waals surface area (Å²) in [4.78, 5) is 11.3. The van der Waals surface area contributed by atoms with Crippen LogP contribution in [0.4, 0.5) is 5.69 Å². The highest BCUT2D eigenvalue weighted by atomic mass is 32.2. The molecule has 1 rings (SSSR count). The van der Waals surface area contributed by atoms with Gasteiger partial charge >= 0.3 is 5.97 Å². The maximum absolute atomic E-state index is 11.6. The third-order valence-electron chi connectivity index (χ3n) is 2.40. The van der Waals surface area contributed by atoms with Crippen molar-refractivity contribution >= 4 is 27.4 Å². The maximum Gasteiger partial charge on any atom is 0.339 e. The molecule has 0 aliphatic rings. The first-order chi connectivity index (χ1) is 9.16.